The molecule has 0 spiro atoms. The second-order valence-electron chi connectivity index (χ2n) is 6.71. The second-order valence-corrected chi connectivity index (χ2v) is 7.55. The minimum atomic E-state index is 0.0804. The van der Waals surface area contributed by atoms with Gasteiger partial charge >= 0.3 is 0 Å². The predicted molar refractivity (Wildman–Crippen MR) is 109 cm³/mol. The van der Waals surface area contributed by atoms with Gasteiger partial charge in [0, 0.05) is 29.0 Å². The smallest absolute Gasteiger partial charge is 0.130 e. The molecule has 3 heteroatoms. The molecule has 0 aromatic heterocycles. The predicted octanol–water partition coefficient (Wildman–Crippen LogP) is 6.72. The zero-order valence-corrected chi connectivity index (χ0v) is 16.0. The minimum Gasteiger partial charge on any atom is -0.489 e. The van der Waals surface area contributed by atoms with Crippen molar-refractivity contribution in [1.82, 2.24) is 0 Å². The Hall–Kier alpha value is -1.96. The van der Waals surface area contributed by atoms with Gasteiger partial charge in [-0.2, -0.15) is 0 Å². The Morgan fingerprint density at radius 2 is 1.81 bits per heavy atom. The average Bonchev–Trinajstić information content (AvgIpc) is 3.03. The van der Waals surface area contributed by atoms with Gasteiger partial charge in [0.1, 0.15) is 11.9 Å². The van der Waals surface area contributed by atoms with Gasteiger partial charge in [-0.05, 0) is 48.2 Å². The summed E-state index contributed by atoms with van der Waals surface area (Å²) in [4.78, 5) is 0. The molecule has 0 bridgehead atoms. The van der Waals surface area contributed by atoms with E-state index in [2.05, 4.69) is 49.7 Å². The molecule has 0 saturated heterocycles. The average molecular weight is 382 g/mol. The van der Waals surface area contributed by atoms with Gasteiger partial charge in [-0.25, -0.2) is 0 Å². The molecule has 1 aliphatic heterocycles. The molecule has 4 rings (SSSR count). The monoisotopic (exact) mass is 381 g/mol. The van der Waals surface area contributed by atoms with Crippen LogP contribution in [0.5, 0.6) is 5.75 Å². The summed E-state index contributed by atoms with van der Waals surface area (Å²) < 4.78 is 6.31. The van der Waals surface area contributed by atoms with E-state index in [0.717, 1.165) is 29.7 Å². The highest BCUT2D eigenvalue weighted by atomic mass is 35.5. The van der Waals surface area contributed by atoms with E-state index in [1.54, 1.807) is 6.07 Å². The summed E-state index contributed by atoms with van der Waals surface area (Å²) in [5.41, 5.74) is 5.73. The Bertz CT molecular complexity index is 934. The Balaban J connectivity index is 1.60. The Kier molecular flexibility index (Phi) is 4.93. The fourth-order valence-corrected chi connectivity index (χ4v) is 3.98. The number of fused-ring (bicyclic) bond motifs is 1. The number of hydrogen-bond acceptors (Lipinski definition) is 1. The van der Waals surface area contributed by atoms with E-state index in [-0.39, 0.29) is 6.10 Å². The summed E-state index contributed by atoms with van der Waals surface area (Å²) in [6.45, 7) is 2.11. The molecule has 1 nitrogen and oxygen atoms in total. The number of aryl methyl sites for hydroxylation is 1. The molecule has 26 heavy (non-hydrogen) atoms. The highest BCUT2D eigenvalue weighted by Gasteiger charge is 2.27. The van der Waals surface area contributed by atoms with Gasteiger partial charge in [-0.1, -0.05) is 65.7 Å². The van der Waals surface area contributed by atoms with Crippen molar-refractivity contribution in [3.05, 3.63) is 93.8 Å². The third-order valence-electron chi connectivity index (χ3n) is 4.68. The summed E-state index contributed by atoms with van der Waals surface area (Å²) in [5.74, 6) is 0.939. The van der Waals surface area contributed by atoms with E-state index in [0.29, 0.717) is 10.0 Å². The van der Waals surface area contributed by atoms with E-state index in [1.165, 1.54) is 16.7 Å². The van der Waals surface area contributed by atoms with Crippen LogP contribution in [0.4, 0.5) is 0 Å². The third-order valence-corrected chi connectivity index (χ3v) is 5.23. The van der Waals surface area contributed by atoms with E-state index < -0.39 is 0 Å². The lowest BCUT2D eigenvalue weighted by atomic mass is 9.97. The number of hydrogen-bond donors (Lipinski definition) is 0. The summed E-state index contributed by atoms with van der Waals surface area (Å²) in [6.07, 6.45) is 4.12. The van der Waals surface area contributed by atoms with Crippen molar-refractivity contribution < 1.29 is 4.74 Å². The van der Waals surface area contributed by atoms with Gasteiger partial charge in [0.25, 0.3) is 0 Å². The van der Waals surface area contributed by atoms with Crippen LogP contribution >= 0.6 is 23.2 Å². The van der Waals surface area contributed by atoms with Crippen LogP contribution in [-0.2, 0) is 12.8 Å². The molecular weight excluding hydrogens is 363 g/mol. The van der Waals surface area contributed by atoms with Crippen molar-refractivity contribution in [3.8, 4) is 16.9 Å². The molecular formula is C23H19Cl2O. The molecule has 0 aliphatic carbocycles. The summed E-state index contributed by atoms with van der Waals surface area (Å²) in [7, 11) is 0. The van der Waals surface area contributed by atoms with E-state index in [9.17, 15) is 0 Å². The zero-order chi connectivity index (χ0) is 18.1. The van der Waals surface area contributed by atoms with E-state index in [1.807, 2.05) is 18.2 Å². The molecule has 0 fully saturated rings. The zero-order valence-electron chi connectivity index (χ0n) is 14.5. The Morgan fingerprint density at radius 1 is 1.00 bits per heavy atom. The topological polar surface area (TPSA) is 9.23 Å². The fraction of sp³-hybridized carbons (Fsp3) is 0.174. The molecule has 1 heterocycles. The quantitative estimate of drug-likeness (QED) is 0.487. The largest absolute Gasteiger partial charge is 0.489 e. The van der Waals surface area contributed by atoms with E-state index >= 15 is 0 Å². The van der Waals surface area contributed by atoms with Gasteiger partial charge in [0.05, 0.1) is 5.02 Å². The van der Waals surface area contributed by atoms with Crippen molar-refractivity contribution in [3.63, 3.8) is 0 Å². The van der Waals surface area contributed by atoms with Gasteiger partial charge < -0.3 is 4.74 Å². The maximum atomic E-state index is 6.45. The van der Waals surface area contributed by atoms with Crippen molar-refractivity contribution in [2.45, 2.75) is 25.9 Å². The molecule has 0 N–H and O–H groups in total. The van der Waals surface area contributed by atoms with Crippen LogP contribution in [0.25, 0.3) is 11.1 Å². The van der Waals surface area contributed by atoms with Crippen molar-refractivity contribution in [2.75, 3.05) is 0 Å². The highest BCUT2D eigenvalue weighted by Crippen LogP contribution is 2.43. The van der Waals surface area contributed by atoms with Crippen LogP contribution in [0.3, 0.4) is 0 Å². The minimum absolute atomic E-state index is 0.0804. The number of ether oxygens (including phenoxy) is 1. The molecule has 1 unspecified atom stereocenters. The van der Waals surface area contributed by atoms with E-state index in [4.69, 9.17) is 27.9 Å². The van der Waals surface area contributed by atoms with Gasteiger partial charge in [0.2, 0.25) is 0 Å². The van der Waals surface area contributed by atoms with Gasteiger partial charge in [0.15, 0.2) is 0 Å². The fourth-order valence-electron chi connectivity index (χ4n) is 3.47. The standard InChI is InChI=1S/C23H19Cl2O/c1-15-11-17-13-19(9-7-16-5-3-2-4-6-16)26-23(17)21(12-15)20-10-8-18(24)14-22(20)25/h2-6,8-12,14,19H,7,13H2,1H3. The summed E-state index contributed by atoms with van der Waals surface area (Å²) >= 11 is 12.5. The first-order valence-electron chi connectivity index (χ1n) is 8.73. The molecule has 131 valence electrons. The molecule has 3 aromatic rings. The lowest BCUT2D eigenvalue weighted by molar-refractivity contribution is 0.264. The first-order valence-corrected chi connectivity index (χ1v) is 9.48. The maximum absolute atomic E-state index is 6.45. The molecule has 3 aromatic carbocycles. The third kappa shape index (κ3) is 3.60. The van der Waals surface area contributed by atoms with Crippen LogP contribution < -0.4 is 4.74 Å². The lowest BCUT2D eigenvalue weighted by Crippen LogP contribution is -2.14. The number of halogens is 2. The molecule has 0 saturated carbocycles. The van der Waals surface area contributed by atoms with Crippen molar-refractivity contribution in [2.24, 2.45) is 0 Å². The molecule has 1 radical (unpaired) electrons. The SMILES string of the molecule is Cc1cc2c(c(-c3ccc(Cl)cc3Cl)c1)OC([CH]Cc1ccccc1)C2. The van der Waals surface area contributed by atoms with Crippen molar-refractivity contribution >= 4 is 23.2 Å². The molecule has 1 atom stereocenters. The van der Waals surface area contributed by atoms with Crippen LogP contribution in [0, 0.1) is 13.3 Å². The van der Waals surface area contributed by atoms with Crippen LogP contribution in [-0.4, -0.2) is 6.10 Å². The molecule has 1 aliphatic rings. The van der Waals surface area contributed by atoms with Crippen LogP contribution in [0.1, 0.15) is 16.7 Å². The molecule has 0 amide bonds. The van der Waals surface area contributed by atoms with Crippen molar-refractivity contribution in [1.29, 1.82) is 0 Å². The maximum Gasteiger partial charge on any atom is 0.130 e. The first-order chi connectivity index (χ1) is 12.6. The summed E-state index contributed by atoms with van der Waals surface area (Å²) in [6, 6.07) is 20.4. The normalized spacial score (nSPS) is 15.6. The number of rotatable bonds is 4. The Morgan fingerprint density at radius 3 is 2.58 bits per heavy atom. The van der Waals surface area contributed by atoms with Crippen LogP contribution in [0.15, 0.2) is 60.7 Å². The van der Waals surface area contributed by atoms with Gasteiger partial charge in [-0.15, -0.1) is 0 Å². The number of benzene rings is 3. The second kappa shape index (κ2) is 7.34. The lowest BCUT2D eigenvalue weighted by Gasteiger charge is -2.14. The van der Waals surface area contributed by atoms with Crippen LogP contribution in [0.2, 0.25) is 10.0 Å². The summed E-state index contributed by atoms with van der Waals surface area (Å²) in [5, 5.41) is 1.28. The Labute approximate surface area is 164 Å². The van der Waals surface area contributed by atoms with Gasteiger partial charge in [-0.3, -0.25) is 0 Å². The highest BCUT2D eigenvalue weighted by molar-refractivity contribution is 6.36. The first kappa shape index (κ1) is 17.5.